The lowest BCUT2D eigenvalue weighted by Gasteiger charge is -2.29. The smallest absolute Gasteiger partial charge is 0.416 e. The van der Waals surface area contributed by atoms with E-state index in [1.54, 1.807) is 19.1 Å². The van der Waals surface area contributed by atoms with Crippen molar-refractivity contribution >= 4 is 5.97 Å². The highest BCUT2D eigenvalue weighted by molar-refractivity contribution is 5.69. The normalized spacial score (nSPS) is 22.4. The molecule has 0 spiro atoms. The zero-order valence-corrected chi connectivity index (χ0v) is 12.7. The average molecular weight is 314 g/mol. The van der Waals surface area contributed by atoms with E-state index in [1.807, 2.05) is 0 Å². The topological polar surface area (TPSA) is 26.3 Å². The SMILES string of the molecule is CCOC(=O)CC1CCC(c2ccccc2C(F)(F)F)CC1. The first-order valence-corrected chi connectivity index (χ1v) is 7.73. The zero-order chi connectivity index (χ0) is 16.2. The van der Waals surface area contributed by atoms with E-state index in [1.165, 1.54) is 6.07 Å². The summed E-state index contributed by atoms with van der Waals surface area (Å²) in [5.41, 5.74) is -0.131. The fraction of sp³-hybridized carbons (Fsp3) is 0.588. The predicted molar refractivity (Wildman–Crippen MR) is 77.4 cm³/mol. The third-order valence-electron chi connectivity index (χ3n) is 4.31. The molecule has 1 aliphatic rings. The van der Waals surface area contributed by atoms with Gasteiger partial charge in [-0.25, -0.2) is 0 Å². The molecule has 22 heavy (non-hydrogen) atoms. The predicted octanol–water partition coefficient (Wildman–Crippen LogP) is 4.93. The van der Waals surface area contributed by atoms with E-state index in [4.69, 9.17) is 4.74 Å². The Hall–Kier alpha value is -1.52. The van der Waals surface area contributed by atoms with Gasteiger partial charge in [-0.3, -0.25) is 4.79 Å². The van der Waals surface area contributed by atoms with Gasteiger partial charge >= 0.3 is 12.1 Å². The molecule has 1 aromatic rings. The van der Waals surface area contributed by atoms with Crippen molar-refractivity contribution in [2.75, 3.05) is 6.61 Å². The minimum Gasteiger partial charge on any atom is -0.466 e. The van der Waals surface area contributed by atoms with Gasteiger partial charge in [-0.15, -0.1) is 0 Å². The van der Waals surface area contributed by atoms with Gasteiger partial charge in [0.2, 0.25) is 0 Å². The molecular formula is C17H21F3O2. The van der Waals surface area contributed by atoms with Gasteiger partial charge < -0.3 is 4.74 Å². The standard InChI is InChI=1S/C17H21F3O2/c1-2-22-16(21)11-12-7-9-13(10-8-12)14-5-3-4-6-15(14)17(18,19)20/h3-6,12-13H,2,7-11H2,1H3. The highest BCUT2D eigenvalue weighted by Crippen LogP contribution is 2.42. The molecule has 5 heteroatoms. The first kappa shape index (κ1) is 16.8. The Bertz CT molecular complexity index is 503. The lowest BCUT2D eigenvalue weighted by Crippen LogP contribution is -2.20. The summed E-state index contributed by atoms with van der Waals surface area (Å²) >= 11 is 0. The average Bonchev–Trinajstić information content (AvgIpc) is 2.47. The molecule has 0 aromatic heterocycles. The number of carbonyl (C=O) groups is 1. The molecule has 1 aliphatic carbocycles. The van der Waals surface area contributed by atoms with Gasteiger partial charge in [0.05, 0.1) is 12.2 Å². The number of esters is 1. The molecule has 1 fully saturated rings. The van der Waals surface area contributed by atoms with Crippen LogP contribution in [0.2, 0.25) is 0 Å². The second-order valence-electron chi connectivity index (χ2n) is 5.81. The third-order valence-corrected chi connectivity index (χ3v) is 4.31. The molecule has 0 N–H and O–H groups in total. The number of hydrogen-bond donors (Lipinski definition) is 0. The summed E-state index contributed by atoms with van der Waals surface area (Å²) in [4.78, 5) is 11.5. The van der Waals surface area contributed by atoms with Crippen molar-refractivity contribution in [3.8, 4) is 0 Å². The largest absolute Gasteiger partial charge is 0.466 e. The maximum absolute atomic E-state index is 13.1. The van der Waals surface area contributed by atoms with E-state index in [2.05, 4.69) is 0 Å². The number of ether oxygens (including phenoxy) is 1. The van der Waals surface area contributed by atoms with Crippen molar-refractivity contribution in [3.05, 3.63) is 35.4 Å². The minimum absolute atomic E-state index is 0.0729. The summed E-state index contributed by atoms with van der Waals surface area (Å²) in [6.45, 7) is 2.13. The Morgan fingerprint density at radius 1 is 1.18 bits per heavy atom. The van der Waals surface area contributed by atoms with Crippen LogP contribution in [0.5, 0.6) is 0 Å². The van der Waals surface area contributed by atoms with Crippen molar-refractivity contribution in [2.45, 2.75) is 51.1 Å². The van der Waals surface area contributed by atoms with Crippen LogP contribution in [0.25, 0.3) is 0 Å². The van der Waals surface area contributed by atoms with E-state index in [0.717, 1.165) is 18.9 Å². The number of benzene rings is 1. The molecule has 0 bridgehead atoms. The van der Waals surface area contributed by atoms with Crippen molar-refractivity contribution < 1.29 is 22.7 Å². The van der Waals surface area contributed by atoms with Crippen LogP contribution in [0.4, 0.5) is 13.2 Å². The van der Waals surface area contributed by atoms with E-state index >= 15 is 0 Å². The fourth-order valence-electron chi connectivity index (χ4n) is 3.24. The molecule has 2 nitrogen and oxygen atoms in total. The molecule has 1 saturated carbocycles. The summed E-state index contributed by atoms with van der Waals surface area (Å²) in [6, 6.07) is 5.83. The number of alkyl halides is 3. The summed E-state index contributed by atoms with van der Waals surface area (Å²) in [5.74, 6) is -0.0498. The van der Waals surface area contributed by atoms with Crippen LogP contribution in [-0.2, 0) is 15.7 Å². The van der Waals surface area contributed by atoms with E-state index in [9.17, 15) is 18.0 Å². The van der Waals surface area contributed by atoms with Crippen molar-refractivity contribution in [2.24, 2.45) is 5.92 Å². The van der Waals surface area contributed by atoms with Crippen LogP contribution in [0.15, 0.2) is 24.3 Å². The van der Waals surface area contributed by atoms with Crippen molar-refractivity contribution in [1.29, 1.82) is 0 Å². The first-order chi connectivity index (χ1) is 10.4. The molecule has 0 aliphatic heterocycles. The third kappa shape index (κ3) is 4.24. The highest BCUT2D eigenvalue weighted by Gasteiger charge is 2.36. The van der Waals surface area contributed by atoms with E-state index in [-0.39, 0.29) is 17.8 Å². The molecule has 0 amide bonds. The van der Waals surface area contributed by atoms with Gasteiger partial charge in [0.1, 0.15) is 0 Å². The van der Waals surface area contributed by atoms with Crippen molar-refractivity contribution in [3.63, 3.8) is 0 Å². The molecule has 2 rings (SSSR count). The van der Waals surface area contributed by atoms with Gasteiger partial charge in [0.15, 0.2) is 0 Å². The van der Waals surface area contributed by atoms with Gasteiger partial charge in [-0.05, 0) is 56.1 Å². The molecule has 0 saturated heterocycles. The second kappa shape index (κ2) is 7.16. The van der Waals surface area contributed by atoms with Crippen LogP contribution >= 0.6 is 0 Å². The summed E-state index contributed by atoms with van der Waals surface area (Å²) in [7, 11) is 0. The molecule has 0 atom stereocenters. The van der Waals surface area contributed by atoms with Crippen LogP contribution < -0.4 is 0 Å². The molecule has 0 radical (unpaired) electrons. The van der Waals surface area contributed by atoms with E-state index < -0.39 is 11.7 Å². The monoisotopic (exact) mass is 314 g/mol. The Morgan fingerprint density at radius 3 is 2.41 bits per heavy atom. The van der Waals surface area contributed by atoms with Crippen molar-refractivity contribution in [1.82, 2.24) is 0 Å². The van der Waals surface area contributed by atoms with Gasteiger partial charge in [0, 0.05) is 6.42 Å². The van der Waals surface area contributed by atoms with Gasteiger partial charge in [-0.2, -0.15) is 13.2 Å². The summed E-state index contributed by atoms with van der Waals surface area (Å²) in [6.07, 6.45) is -1.00. The minimum atomic E-state index is -4.31. The van der Waals surface area contributed by atoms with Crippen LogP contribution in [0, 0.1) is 5.92 Å². The quantitative estimate of drug-likeness (QED) is 0.736. The number of carbonyl (C=O) groups excluding carboxylic acids is 1. The van der Waals surface area contributed by atoms with Crippen LogP contribution in [-0.4, -0.2) is 12.6 Å². The maximum atomic E-state index is 13.1. The second-order valence-corrected chi connectivity index (χ2v) is 5.81. The van der Waals surface area contributed by atoms with E-state index in [0.29, 0.717) is 31.4 Å². The Labute approximate surface area is 128 Å². The molecular weight excluding hydrogens is 293 g/mol. The summed E-state index contributed by atoms with van der Waals surface area (Å²) in [5, 5.41) is 0. The number of hydrogen-bond acceptors (Lipinski definition) is 2. The van der Waals surface area contributed by atoms with Crippen LogP contribution in [0.1, 0.15) is 56.1 Å². The first-order valence-electron chi connectivity index (χ1n) is 7.73. The van der Waals surface area contributed by atoms with Gasteiger partial charge in [-0.1, -0.05) is 18.2 Å². The molecule has 0 heterocycles. The van der Waals surface area contributed by atoms with Gasteiger partial charge in [0.25, 0.3) is 0 Å². The molecule has 0 unspecified atom stereocenters. The fourth-order valence-corrected chi connectivity index (χ4v) is 3.24. The maximum Gasteiger partial charge on any atom is 0.416 e. The summed E-state index contributed by atoms with van der Waals surface area (Å²) < 4.78 is 44.2. The molecule has 122 valence electrons. The highest BCUT2D eigenvalue weighted by atomic mass is 19.4. The lowest BCUT2D eigenvalue weighted by molar-refractivity contribution is -0.144. The number of rotatable bonds is 4. The Morgan fingerprint density at radius 2 is 1.82 bits per heavy atom. The lowest BCUT2D eigenvalue weighted by atomic mass is 9.76. The Balaban J connectivity index is 1.99. The van der Waals surface area contributed by atoms with Crippen LogP contribution in [0.3, 0.4) is 0 Å². The number of halogens is 3. The molecule has 1 aromatic carbocycles. The zero-order valence-electron chi connectivity index (χ0n) is 12.7. The Kier molecular flexibility index (Phi) is 5.48.